The minimum Gasteiger partial charge on any atom is -0.504 e. The molecule has 0 aromatic carbocycles. The van der Waals surface area contributed by atoms with Gasteiger partial charge < -0.3 is 10.8 Å². The smallest absolute Gasteiger partial charge is 0.165 e. The SMILES string of the molecule is Nc1ncc(C=CC=O)cc1O. The normalized spacial score (nSPS) is 10.3. The maximum Gasteiger partial charge on any atom is 0.165 e. The van der Waals surface area contributed by atoms with E-state index in [2.05, 4.69) is 4.98 Å². The van der Waals surface area contributed by atoms with E-state index >= 15 is 0 Å². The van der Waals surface area contributed by atoms with Crippen molar-refractivity contribution < 1.29 is 9.90 Å². The molecule has 0 spiro atoms. The van der Waals surface area contributed by atoms with Gasteiger partial charge in [0.15, 0.2) is 11.6 Å². The van der Waals surface area contributed by atoms with Crippen molar-refractivity contribution in [3.8, 4) is 5.75 Å². The first-order valence-corrected chi connectivity index (χ1v) is 3.30. The summed E-state index contributed by atoms with van der Waals surface area (Å²) in [5.41, 5.74) is 5.90. The third-order valence-electron chi connectivity index (χ3n) is 1.29. The fourth-order valence-corrected chi connectivity index (χ4v) is 0.721. The van der Waals surface area contributed by atoms with Crippen molar-refractivity contribution in [2.45, 2.75) is 0 Å². The molecule has 1 aromatic rings. The molecule has 62 valence electrons. The standard InChI is InChI=1S/C8H8N2O2/c9-8-7(12)4-6(5-10-8)2-1-3-11/h1-5,12H,(H2,9,10). The molecule has 0 saturated carbocycles. The van der Waals surface area contributed by atoms with Crippen LogP contribution in [-0.2, 0) is 4.79 Å². The van der Waals surface area contributed by atoms with E-state index in [1.165, 1.54) is 24.4 Å². The van der Waals surface area contributed by atoms with Crippen molar-refractivity contribution in [3.05, 3.63) is 23.9 Å². The first-order valence-electron chi connectivity index (χ1n) is 3.30. The molecular weight excluding hydrogens is 156 g/mol. The predicted octanol–water partition coefficient (Wildman–Crippen LogP) is 0.581. The van der Waals surface area contributed by atoms with E-state index in [4.69, 9.17) is 10.8 Å². The predicted molar refractivity (Wildman–Crippen MR) is 45.4 cm³/mol. The number of hydrogen-bond acceptors (Lipinski definition) is 4. The quantitative estimate of drug-likeness (QED) is 0.495. The first kappa shape index (κ1) is 8.26. The van der Waals surface area contributed by atoms with Crippen LogP contribution in [0.2, 0.25) is 0 Å². The van der Waals surface area contributed by atoms with Crippen LogP contribution in [0.5, 0.6) is 5.75 Å². The Morgan fingerprint density at radius 1 is 1.58 bits per heavy atom. The summed E-state index contributed by atoms with van der Waals surface area (Å²) in [6.07, 6.45) is 4.95. The Bertz CT molecular complexity index is 321. The lowest BCUT2D eigenvalue weighted by Gasteiger charge is -1.97. The number of rotatable bonds is 2. The van der Waals surface area contributed by atoms with Crippen LogP contribution in [0.1, 0.15) is 5.56 Å². The molecule has 0 atom stereocenters. The second-order valence-corrected chi connectivity index (χ2v) is 2.17. The fraction of sp³-hybridized carbons (Fsp3) is 0. The van der Waals surface area contributed by atoms with Gasteiger partial charge in [0, 0.05) is 6.20 Å². The Kier molecular flexibility index (Phi) is 2.42. The number of nitrogen functional groups attached to an aromatic ring is 1. The van der Waals surface area contributed by atoms with Gasteiger partial charge in [0.2, 0.25) is 0 Å². The van der Waals surface area contributed by atoms with Crippen molar-refractivity contribution in [1.29, 1.82) is 0 Å². The topological polar surface area (TPSA) is 76.2 Å². The van der Waals surface area contributed by atoms with Crippen LogP contribution in [0, 0.1) is 0 Å². The van der Waals surface area contributed by atoms with E-state index in [9.17, 15) is 4.79 Å². The molecule has 1 rings (SSSR count). The summed E-state index contributed by atoms with van der Waals surface area (Å²) < 4.78 is 0. The molecule has 0 bridgehead atoms. The zero-order chi connectivity index (χ0) is 8.97. The average Bonchev–Trinajstić information content (AvgIpc) is 2.07. The minimum absolute atomic E-state index is 0.0805. The third kappa shape index (κ3) is 1.82. The lowest BCUT2D eigenvalue weighted by Crippen LogP contribution is -1.90. The Labute approximate surface area is 69.4 Å². The van der Waals surface area contributed by atoms with Crippen LogP contribution in [0.15, 0.2) is 18.3 Å². The summed E-state index contributed by atoms with van der Waals surface area (Å²) in [6.45, 7) is 0. The van der Waals surface area contributed by atoms with Gasteiger partial charge in [0.1, 0.15) is 6.29 Å². The number of carbonyl (C=O) groups is 1. The van der Waals surface area contributed by atoms with Gasteiger partial charge in [-0.15, -0.1) is 0 Å². The molecule has 3 N–H and O–H groups in total. The van der Waals surface area contributed by atoms with Crippen molar-refractivity contribution in [2.24, 2.45) is 0 Å². The van der Waals surface area contributed by atoms with Crippen molar-refractivity contribution in [1.82, 2.24) is 4.98 Å². The van der Waals surface area contributed by atoms with Gasteiger partial charge in [-0.3, -0.25) is 4.79 Å². The Morgan fingerprint density at radius 2 is 2.33 bits per heavy atom. The molecule has 4 nitrogen and oxygen atoms in total. The summed E-state index contributed by atoms with van der Waals surface area (Å²) in [5.74, 6) is 0.00121. The number of allylic oxidation sites excluding steroid dienone is 1. The first-order chi connectivity index (χ1) is 5.74. The van der Waals surface area contributed by atoms with Crippen LogP contribution in [-0.4, -0.2) is 16.4 Å². The lowest BCUT2D eigenvalue weighted by molar-refractivity contribution is -0.104. The van der Waals surface area contributed by atoms with Crippen LogP contribution < -0.4 is 5.73 Å². The molecule has 0 unspecified atom stereocenters. The molecule has 1 aromatic heterocycles. The zero-order valence-electron chi connectivity index (χ0n) is 6.27. The molecule has 0 radical (unpaired) electrons. The van der Waals surface area contributed by atoms with Crippen molar-refractivity contribution in [3.63, 3.8) is 0 Å². The summed E-state index contributed by atoms with van der Waals surface area (Å²) in [7, 11) is 0. The lowest BCUT2D eigenvalue weighted by atomic mass is 10.2. The van der Waals surface area contributed by atoms with Crippen molar-refractivity contribution >= 4 is 18.2 Å². The van der Waals surface area contributed by atoms with E-state index in [0.717, 1.165) is 0 Å². The number of aldehydes is 1. The summed E-state index contributed by atoms with van der Waals surface area (Å²) in [4.78, 5) is 13.6. The maximum absolute atomic E-state index is 9.94. The highest BCUT2D eigenvalue weighted by Crippen LogP contribution is 2.17. The van der Waals surface area contributed by atoms with Gasteiger partial charge in [-0.2, -0.15) is 0 Å². The number of anilines is 1. The van der Waals surface area contributed by atoms with E-state index < -0.39 is 0 Å². The van der Waals surface area contributed by atoms with Gasteiger partial charge in [0.05, 0.1) is 0 Å². The number of pyridine rings is 1. The van der Waals surface area contributed by atoms with Gasteiger partial charge in [-0.1, -0.05) is 6.08 Å². The van der Waals surface area contributed by atoms with Gasteiger partial charge in [-0.25, -0.2) is 4.98 Å². The maximum atomic E-state index is 9.94. The zero-order valence-corrected chi connectivity index (χ0v) is 6.27. The summed E-state index contributed by atoms with van der Waals surface area (Å²) in [5, 5.41) is 9.09. The number of hydrogen-bond donors (Lipinski definition) is 2. The van der Waals surface area contributed by atoms with Crippen molar-refractivity contribution in [2.75, 3.05) is 5.73 Å². The second-order valence-electron chi connectivity index (χ2n) is 2.17. The minimum atomic E-state index is -0.0805. The van der Waals surface area contributed by atoms with Crippen LogP contribution in [0.3, 0.4) is 0 Å². The van der Waals surface area contributed by atoms with Gasteiger partial charge in [0.25, 0.3) is 0 Å². The van der Waals surface area contributed by atoms with E-state index in [1.807, 2.05) is 0 Å². The molecule has 0 saturated heterocycles. The number of carbonyl (C=O) groups excluding carboxylic acids is 1. The highest BCUT2D eigenvalue weighted by molar-refractivity contribution is 5.74. The Balaban J connectivity index is 2.96. The van der Waals surface area contributed by atoms with E-state index in [-0.39, 0.29) is 11.6 Å². The van der Waals surface area contributed by atoms with Crippen LogP contribution in [0.25, 0.3) is 6.08 Å². The number of aromatic nitrogens is 1. The Hall–Kier alpha value is -1.84. The molecule has 0 fully saturated rings. The van der Waals surface area contributed by atoms with E-state index in [0.29, 0.717) is 11.8 Å². The molecule has 12 heavy (non-hydrogen) atoms. The van der Waals surface area contributed by atoms with Gasteiger partial charge in [-0.05, 0) is 17.7 Å². The average molecular weight is 164 g/mol. The summed E-state index contributed by atoms with van der Waals surface area (Å²) in [6, 6.07) is 1.43. The monoisotopic (exact) mass is 164 g/mol. The number of nitrogens with two attached hydrogens (primary N) is 1. The molecule has 0 aliphatic heterocycles. The van der Waals surface area contributed by atoms with Crippen LogP contribution >= 0.6 is 0 Å². The highest BCUT2D eigenvalue weighted by Gasteiger charge is 1.96. The number of aromatic hydroxyl groups is 1. The number of nitrogens with zero attached hydrogens (tertiary/aromatic N) is 1. The fourth-order valence-electron chi connectivity index (χ4n) is 0.721. The van der Waals surface area contributed by atoms with Gasteiger partial charge >= 0.3 is 0 Å². The van der Waals surface area contributed by atoms with E-state index in [1.54, 1.807) is 0 Å². The third-order valence-corrected chi connectivity index (χ3v) is 1.29. The molecule has 0 amide bonds. The molecule has 1 heterocycles. The molecular formula is C8H8N2O2. The largest absolute Gasteiger partial charge is 0.504 e. The molecule has 0 aliphatic rings. The molecule has 0 aliphatic carbocycles. The second kappa shape index (κ2) is 3.52. The van der Waals surface area contributed by atoms with Crippen LogP contribution in [0.4, 0.5) is 5.82 Å². The summed E-state index contributed by atoms with van der Waals surface area (Å²) >= 11 is 0. The molecule has 4 heteroatoms. The highest BCUT2D eigenvalue weighted by atomic mass is 16.3. The Morgan fingerprint density at radius 3 is 2.92 bits per heavy atom.